The lowest BCUT2D eigenvalue weighted by Gasteiger charge is -2.32. The average Bonchev–Trinajstić information content (AvgIpc) is 3.25. The van der Waals surface area contributed by atoms with Gasteiger partial charge in [-0.1, -0.05) is 17.3 Å². The van der Waals surface area contributed by atoms with Gasteiger partial charge in [-0.05, 0) is 37.8 Å². The fourth-order valence-corrected chi connectivity index (χ4v) is 3.87. The Bertz CT molecular complexity index is 1030. The predicted octanol–water partition coefficient (Wildman–Crippen LogP) is 3.26. The molecule has 1 aliphatic heterocycles. The minimum atomic E-state index is 0.567. The zero-order chi connectivity index (χ0) is 17.5. The van der Waals surface area contributed by atoms with Crippen molar-refractivity contribution in [1.29, 1.82) is 0 Å². The highest BCUT2D eigenvalue weighted by atomic mass is 16.5. The van der Waals surface area contributed by atoms with Gasteiger partial charge in [0.2, 0.25) is 0 Å². The monoisotopic (exact) mass is 348 g/mol. The van der Waals surface area contributed by atoms with Crippen LogP contribution in [-0.2, 0) is 6.42 Å². The molecule has 3 aromatic heterocycles. The summed E-state index contributed by atoms with van der Waals surface area (Å²) in [5, 5.41) is 4.96. The van der Waals surface area contributed by atoms with Crippen LogP contribution in [0.25, 0.3) is 22.1 Å². The van der Waals surface area contributed by atoms with E-state index in [1.165, 1.54) is 0 Å². The van der Waals surface area contributed by atoms with Crippen LogP contribution in [0.5, 0.6) is 0 Å². The van der Waals surface area contributed by atoms with Crippen LogP contribution in [0.3, 0.4) is 0 Å². The quantitative estimate of drug-likeness (QED) is 0.612. The molecule has 7 nitrogen and oxygen atoms in total. The molecular formula is C19H20N6O. The molecule has 4 aromatic rings. The molecule has 0 unspecified atom stereocenters. The van der Waals surface area contributed by atoms with Crippen LogP contribution in [-0.4, -0.2) is 38.2 Å². The number of hydrogen-bond acceptors (Lipinski definition) is 6. The zero-order valence-corrected chi connectivity index (χ0v) is 14.6. The number of imidazole rings is 1. The van der Waals surface area contributed by atoms with Gasteiger partial charge in [0.15, 0.2) is 0 Å². The van der Waals surface area contributed by atoms with Gasteiger partial charge < -0.3 is 14.4 Å². The van der Waals surface area contributed by atoms with Crippen LogP contribution in [0.1, 0.15) is 24.4 Å². The van der Waals surface area contributed by atoms with Gasteiger partial charge in [-0.3, -0.25) is 0 Å². The topological polar surface area (TPSA) is 83.7 Å². The number of nitrogens with zero attached hydrogens (tertiary/aromatic N) is 5. The predicted molar refractivity (Wildman–Crippen MR) is 99.1 cm³/mol. The molecule has 0 saturated carbocycles. The highest BCUT2D eigenvalue weighted by molar-refractivity contribution is 5.87. The second-order valence-corrected chi connectivity index (χ2v) is 6.98. The van der Waals surface area contributed by atoms with Crippen molar-refractivity contribution in [3.05, 3.63) is 42.1 Å². The molecule has 1 saturated heterocycles. The fraction of sp³-hybridized carbons (Fsp3) is 0.368. The first kappa shape index (κ1) is 15.3. The number of aromatic nitrogens is 5. The van der Waals surface area contributed by atoms with E-state index in [4.69, 9.17) is 9.51 Å². The molecule has 7 heteroatoms. The second kappa shape index (κ2) is 6.09. The Hall–Kier alpha value is -2.96. The van der Waals surface area contributed by atoms with Gasteiger partial charge in [-0.15, -0.1) is 0 Å². The third kappa shape index (κ3) is 2.60. The fourth-order valence-electron chi connectivity index (χ4n) is 3.87. The van der Waals surface area contributed by atoms with Crippen molar-refractivity contribution in [3.63, 3.8) is 0 Å². The zero-order valence-electron chi connectivity index (χ0n) is 14.6. The summed E-state index contributed by atoms with van der Waals surface area (Å²) in [5.41, 5.74) is 3.58. The first-order valence-corrected chi connectivity index (χ1v) is 9.03. The van der Waals surface area contributed by atoms with E-state index in [-0.39, 0.29) is 0 Å². The maximum absolute atomic E-state index is 5.27. The first-order valence-electron chi connectivity index (χ1n) is 9.03. The van der Waals surface area contributed by atoms with Gasteiger partial charge in [0.05, 0.1) is 16.7 Å². The molecule has 1 N–H and O–H groups in total. The molecule has 26 heavy (non-hydrogen) atoms. The number of nitrogens with one attached hydrogen (secondary N) is 1. The van der Waals surface area contributed by atoms with Crippen molar-refractivity contribution in [2.24, 2.45) is 5.92 Å². The summed E-state index contributed by atoms with van der Waals surface area (Å²) < 4.78 is 5.27. The molecule has 0 atom stereocenters. The van der Waals surface area contributed by atoms with Gasteiger partial charge in [-0.25, -0.2) is 9.97 Å². The Labute approximate surface area is 150 Å². The van der Waals surface area contributed by atoms with E-state index < -0.39 is 0 Å². The Morgan fingerprint density at radius 1 is 1.19 bits per heavy atom. The van der Waals surface area contributed by atoms with Gasteiger partial charge in [-0.2, -0.15) is 4.98 Å². The van der Waals surface area contributed by atoms with E-state index in [1.807, 2.05) is 19.1 Å². The molecule has 1 fully saturated rings. The summed E-state index contributed by atoms with van der Waals surface area (Å²) in [5.74, 6) is 2.66. The Morgan fingerprint density at radius 3 is 2.88 bits per heavy atom. The van der Waals surface area contributed by atoms with Crippen molar-refractivity contribution >= 4 is 28.0 Å². The number of aryl methyl sites for hydroxylation is 1. The van der Waals surface area contributed by atoms with Crippen LogP contribution in [0.15, 0.2) is 35.1 Å². The summed E-state index contributed by atoms with van der Waals surface area (Å²) in [6.45, 7) is 3.89. The highest BCUT2D eigenvalue weighted by Gasteiger charge is 2.24. The third-order valence-corrected chi connectivity index (χ3v) is 5.26. The third-order valence-electron chi connectivity index (χ3n) is 5.26. The normalized spacial score (nSPS) is 16.0. The van der Waals surface area contributed by atoms with Crippen molar-refractivity contribution < 1.29 is 4.52 Å². The molecule has 0 spiro atoms. The molecule has 0 amide bonds. The van der Waals surface area contributed by atoms with Crippen molar-refractivity contribution in [3.8, 4) is 0 Å². The second-order valence-electron chi connectivity index (χ2n) is 6.98. The summed E-state index contributed by atoms with van der Waals surface area (Å²) in [6, 6.07) is 8.20. The van der Waals surface area contributed by atoms with E-state index in [9.17, 15) is 0 Å². The lowest BCUT2D eigenvalue weighted by molar-refractivity contribution is 0.397. The number of benzene rings is 1. The van der Waals surface area contributed by atoms with Crippen LogP contribution in [0.2, 0.25) is 0 Å². The maximum Gasteiger partial charge on any atom is 0.263 e. The smallest absolute Gasteiger partial charge is 0.263 e. The number of piperidine rings is 1. The molecule has 0 aliphatic carbocycles. The number of anilines is 1. The lowest BCUT2D eigenvalue weighted by atomic mass is 9.93. The molecule has 4 heterocycles. The molecule has 0 radical (unpaired) electrons. The van der Waals surface area contributed by atoms with Gasteiger partial charge in [0.1, 0.15) is 23.4 Å². The summed E-state index contributed by atoms with van der Waals surface area (Å²) in [4.78, 5) is 19.2. The highest BCUT2D eigenvalue weighted by Crippen LogP contribution is 2.30. The SMILES string of the molecule is Cc1noc2ncnc(N3CCC(Cc4nc5ccccc5[nH]4)CC3)c12. The standard InChI is InChI=1S/C19H20N6O/c1-12-17-18(20-11-21-19(17)26-24-12)25-8-6-13(7-9-25)10-16-22-14-4-2-3-5-15(14)23-16/h2-5,11,13H,6-10H2,1H3,(H,22,23). The number of fused-ring (bicyclic) bond motifs is 2. The van der Waals surface area contributed by atoms with E-state index in [0.29, 0.717) is 11.6 Å². The minimum absolute atomic E-state index is 0.567. The minimum Gasteiger partial charge on any atom is -0.356 e. The molecule has 1 aliphatic rings. The van der Waals surface area contributed by atoms with E-state index in [1.54, 1.807) is 6.33 Å². The van der Waals surface area contributed by atoms with E-state index in [0.717, 1.165) is 66.1 Å². The number of aromatic amines is 1. The van der Waals surface area contributed by atoms with Crippen LogP contribution >= 0.6 is 0 Å². The largest absolute Gasteiger partial charge is 0.356 e. The van der Waals surface area contributed by atoms with Crippen LogP contribution in [0.4, 0.5) is 5.82 Å². The van der Waals surface area contributed by atoms with E-state index in [2.05, 4.69) is 37.1 Å². The number of hydrogen-bond donors (Lipinski definition) is 1. The Morgan fingerprint density at radius 2 is 2.04 bits per heavy atom. The van der Waals surface area contributed by atoms with Gasteiger partial charge in [0, 0.05) is 19.5 Å². The van der Waals surface area contributed by atoms with Crippen molar-refractivity contribution in [2.75, 3.05) is 18.0 Å². The first-order chi connectivity index (χ1) is 12.8. The van der Waals surface area contributed by atoms with Gasteiger partial charge in [0.25, 0.3) is 5.71 Å². The number of para-hydroxylation sites is 2. The molecule has 1 aromatic carbocycles. The van der Waals surface area contributed by atoms with Crippen molar-refractivity contribution in [1.82, 2.24) is 25.1 Å². The van der Waals surface area contributed by atoms with Crippen molar-refractivity contribution in [2.45, 2.75) is 26.2 Å². The molecule has 132 valence electrons. The Kier molecular flexibility index (Phi) is 3.58. The Balaban J connectivity index is 1.30. The molecular weight excluding hydrogens is 328 g/mol. The number of rotatable bonds is 3. The average molecular weight is 348 g/mol. The van der Waals surface area contributed by atoms with Gasteiger partial charge >= 0.3 is 0 Å². The summed E-state index contributed by atoms with van der Waals surface area (Å²) >= 11 is 0. The lowest BCUT2D eigenvalue weighted by Crippen LogP contribution is -2.35. The summed E-state index contributed by atoms with van der Waals surface area (Å²) in [7, 11) is 0. The van der Waals surface area contributed by atoms with E-state index >= 15 is 0 Å². The maximum atomic E-state index is 5.27. The summed E-state index contributed by atoms with van der Waals surface area (Å²) in [6.07, 6.45) is 4.79. The molecule has 5 rings (SSSR count). The molecule has 0 bridgehead atoms. The van der Waals surface area contributed by atoms with Crippen LogP contribution < -0.4 is 4.90 Å². The van der Waals surface area contributed by atoms with Crippen LogP contribution in [0, 0.1) is 12.8 Å². The number of H-pyrrole nitrogens is 1.